The van der Waals surface area contributed by atoms with E-state index in [-0.39, 0.29) is 12.0 Å². The summed E-state index contributed by atoms with van der Waals surface area (Å²) in [5.74, 6) is -1.92. The van der Waals surface area contributed by atoms with E-state index in [0.29, 0.717) is 13.3 Å². The second-order valence-corrected chi connectivity index (χ2v) is 5.59. The number of hydrogen-bond donors (Lipinski definition) is 3. The number of carbonyl (C=O) groups excluding carboxylic acids is 1. The van der Waals surface area contributed by atoms with Gasteiger partial charge in [-0.25, -0.2) is 9.59 Å². The molecule has 1 aliphatic rings. The number of rotatable bonds is 4. The molecule has 21 heavy (non-hydrogen) atoms. The molecular formula is C13H21F3N2O3. The smallest absolute Gasteiger partial charge is 0.422 e. The van der Waals surface area contributed by atoms with Gasteiger partial charge in [0, 0.05) is 6.04 Å². The lowest BCUT2D eigenvalue weighted by Crippen LogP contribution is -2.64. The normalized spacial score (nSPS) is 25.8. The first-order valence-corrected chi connectivity index (χ1v) is 7.00. The molecule has 122 valence electrons. The molecule has 3 atom stereocenters. The van der Waals surface area contributed by atoms with Crippen LogP contribution in [0.25, 0.3) is 0 Å². The van der Waals surface area contributed by atoms with Crippen LogP contribution in [0.15, 0.2) is 0 Å². The molecule has 0 aromatic heterocycles. The third-order valence-electron chi connectivity index (χ3n) is 4.11. The SMILES string of the molecule is CCC1CCCCC1NC(=O)NC(C)(C(=O)O)C(F)(F)F. The molecule has 0 bridgehead atoms. The summed E-state index contributed by atoms with van der Waals surface area (Å²) in [5.41, 5.74) is -3.30. The van der Waals surface area contributed by atoms with Gasteiger partial charge in [-0.2, -0.15) is 13.2 Å². The van der Waals surface area contributed by atoms with Gasteiger partial charge in [-0.3, -0.25) is 0 Å². The van der Waals surface area contributed by atoms with Crippen LogP contribution in [0.5, 0.6) is 0 Å². The van der Waals surface area contributed by atoms with Crippen molar-refractivity contribution in [2.24, 2.45) is 5.92 Å². The van der Waals surface area contributed by atoms with Crippen LogP contribution in [0.2, 0.25) is 0 Å². The highest BCUT2D eigenvalue weighted by Crippen LogP contribution is 2.31. The lowest BCUT2D eigenvalue weighted by molar-refractivity contribution is -0.203. The number of carboxylic acid groups (broad SMARTS) is 1. The molecule has 1 fully saturated rings. The molecule has 0 aliphatic heterocycles. The topological polar surface area (TPSA) is 78.4 Å². The van der Waals surface area contributed by atoms with Gasteiger partial charge >= 0.3 is 18.2 Å². The third-order valence-corrected chi connectivity index (χ3v) is 4.11. The number of carbonyl (C=O) groups is 2. The largest absolute Gasteiger partial charge is 0.479 e. The fourth-order valence-electron chi connectivity index (χ4n) is 2.56. The predicted molar refractivity (Wildman–Crippen MR) is 69.8 cm³/mol. The van der Waals surface area contributed by atoms with Crippen LogP contribution >= 0.6 is 0 Å². The molecule has 5 nitrogen and oxygen atoms in total. The van der Waals surface area contributed by atoms with Crippen molar-refractivity contribution in [3.05, 3.63) is 0 Å². The van der Waals surface area contributed by atoms with Crippen LogP contribution in [0, 0.1) is 5.92 Å². The molecule has 3 unspecified atom stereocenters. The summed E-state index contributed by atoms with van der Waals surface area (Å²) >= 11 is 0. The molecule has 3 N–H and O–H groups in total. The van der Waals surface area contributed by atoms with E-state index in [1.165, 1.54) is 0 Å². The zero-order valence-corrected chi connectivity index (χ0v) is 12.1. The summed E-state index contributed by atoms with van der Waals surface area (Å²) in [6, 6.07) is -1.31. The Kier molecular flexibility index (Phi) is 5.47. The highest BCUT2D eigenvalue weighted by Gasteiger charge is 2.58. The first kappa shape index (κ1) is 17.6. The Balaban J connectivity index is 2.73. The van der Waals surface area contributed by atoms with E-state index in [0.717, 1.165) is 25.7 Å². The van der Waals surface area contributed by atoms with E-state index >= 15 is 0 Å². The quantitative estimate of drug-likeness (QED) is 0.747. The maximum atomic E-state index is 12.8. The molecule has 8 heteroatoms. The standard InChI is InChI=1S/C13H21F3N2O3/c1-3-8-6-4-5-7-9(8)17-11(21)18-12(2,10(19)20)13(14,15)16/h8-9H,3-7H2,1-2H3,(H,19,20)(H2,17,18,21). The second kappa shape index (κ2) is 6.53. The van der Waals surface area contributed by atoms with Crippen molar-refractivity contribution in [3.63, 3.8) is 0 Å². The molecule has 1 saturated carbocycles. The van der Waals surface area contributed by atoms with E-state index in [1.807, 2.05) is 6.92 Å². The summed E-state index contributed by atoms with van der Waals surface area (Å²) in [6.45, 7) is 2.40. The van der Waals surface area contributed by atoms with E-state index < -0.39 is 23.7 Å². The van der Waals surface area contributed by atoms with E-state index in [2.05, 4.69) is 5.32 Å². The Morgan fingerprint density at radius 2 is 1.81 bits per heavy atom. The van der Waals surface area contributed by atoms with Gasteiger partial charge in [-0.15, -0.1) is 0 Å². The highest BCUT2D eigenvalue weighted by molar-refractivity contribution is 5.86. The average Bonchev–Trinajstić information content (AvgIpc) is 2.37. The van der Waals surface area contributed by atoms with Crippen LogP contribution in [-0.2, 0) is 4.79 Å². The van der Waals surface area contributed by atoms with Crippen LogP contribution < -0.4 is 10.6 Å². The highest BCUT2D eigenvalue weighted by atomic mass is 19.4. The average molecular weight is 310 g/mol. The van der Waals surface area contributed by atoms with Crippen LogP contribution in [-0.4, -0.2) is 34.9 Å². The molecule has 0 radical (unpaired) electrons. The molecular weight excluding hydrogens is 289 g/mol. The minimum absolute atomic E-state index is 0.213. The van der Waals surface area contributed by atoms with Crippen molar-refractivity contribution in [2.75, 3.05) is 0 Å². The number of aliphatic carboxylic acids is 1. The van der Waals surface area contributed by atoms with Gasteiger partial charge in [0.2, 0.25) is 5.54 Å². The number of urea groups is 1. The van der Waals surface area contributed by atoms with Crippen molar-refractivity contribution in [3.8, 4) is 0 Å². The first-order chi connectivity index (χ1) is 9.61. The summed E-state index contributed by atoms with van der Waals surface area (Å²) in [7, 11) is 0. The number of alkyl halides is 3. The van der Waals surface area contributed by atoms with Crippen LogP contribution in [0.3, 0.4) is 0 Å². The number of carboxylic acids is 1. The Hall–Kier alpha value is -1.47. The lowest BCUT2D eigenvalue weighted by atomic mass is 9.83. The van der Waals surface area contributed by atoms with Gasteiger partial charge in [0.15, 0.2) is 0 Å². The lowest BCUT2D eigenvalue weighted by Gasteiger charge is -2.34. The second-order valence-electron chi connectivity index (χ2n) is 5.59. The molecule has 0 saturated heterocycles. The molecule has 2 amide bonds. The van der Waals surface area contributed by atoms with E-state index in [4.69, 9.17) is 5.11 Å². The van der Waals surface area contributed by atoms with Crippen molar-refractivity contribution in [1.29, 1.82) is 0 Å². The van der Waals surface area contributed by atoms with Crippen molar-refractivity contribution in [2.45, 2.75) is 63.7 Å². The Labute approximate surface area is 121 Å². The number of nitrogens with one attached hydrogen (secondary N) is 2. The van der Waals surface area contributed by atoms with E-state index in [1.54, 1.807) is 5.32 Å². The molecule has 0 heterocycles. The molecule has 0 aromatic rings. The Bertz CT molecular complexity index is 401. The number of amides is 2. The number of halogens is 3. The van der Waals surface area contributed by atoms with Crippen molar-refractivity contribution in [1.82, 2.24) is 10.6 Å². The van der Waals surface area contributed by atoms with Gasteiger partial charge in [0.05, 0.1) is 0 Å². The van der Waals surface area contributed by atoms with Crippen molar-refractivity contribution >= 4 is 12.0 Å². The monoisotopic (exact) mass is 310 g/mol. The Morgan fingerprint density at radius 3 is 2.29 bits per heavy atom. The maximum Gasteiger partial charge on any atom is 0.422 e. The number of hydrogen-bond acceptors (Lipinski definition) is 2. The van der Waals surface area contributed by atoms with Gasteiger partial charge < -0.3 is 15.7 Å². The van der Waals surface area contributed by atoms with Gasteiger partial charge in [0.25, 0.3) is 0 Å². The van der Waals surface area contributed by atoms with Gasteiger partial charge in [-0.1, -0.05) is 26.2 Å². The van der Waals surface area contributed by atoms with Gasteiger partial charge in [0.1, 0.15) is 0 Å². The summed E-state index contributed by atoms with van der Waals surface area (Å²) in [6.07, 6.45) is -0.712. The third kappa shape index (κ3) is 4.01. The fourth-order valence-corrected chi connectivity index (χ4v) is 2.56. The molecule has 0 aromatic carbocycles. The first-order valence-electron chi connectivity index (χ1n) is 7.00. The predicted octanol–water partition coefficient (Wildman–Crippen LogP) is 2.66. The molecule has 1 rings (SSSR count). The van der Waals surface area contributed by atoms with Crippen LogP contribution in [0.4, 0.5) is 18.0 Å². The summed E-state index contributed by atoms with van der Waals surface area (Å²) in [5, 5.41) is 12.8. The minimum atomic E-state index is -5.08. The molecule has 1 aliphatic carbocycles. The van der Waals surface area contributed by atoms with Crippen molar-refractivity contribution < 1.29 is 27.9 Å². The zero-order valence-electron chi connectivity index (χ0n) is 12.1. The van der Waals surface area contributed by atoms with Crippen LogP contribution in [0.1, 0.15) is 46.0 Å². The molecule has 0 spiro atoms. The minimum Gasteiger partial charge on any atom is -0.479 e. The zero-order chi connectivity index (χ0) is 16.3. The Morgan fingerprint density at radius 1 is 1.24 bits per heavy atom. The summed E-state index contributed by atoms with van der Waals surface area (Å²) < 4.78 is 38.4. The fraction of sp³-hybridized carbons (Fsp3) is 0.846. The summed E-state index contributed by atoms with van der Waals surface area (Å²) in [4.78, 5) is 22.6. The maximum absolute atomic E-state index is 12.8. The van der Waals surface area contributed by atoms with E-state index in [9.17, 15) is 22.8 Å². The van der Waals surface area contributed by atoms with Gasteiger partial charge in [-0.05, 0) is 25.7 Å².